The van der Waals surface area contributed by atoms with Crippen LogP contribution in [0.5, 0.6) is 5.75 Å². The lowest BCUT2D eigenvalue weighted by Crippen LogP contribution is -2.25. The molecular formula is C30H40O3. The van der Waals surface area contributed by atoms with Gasteiger partial charge in [-0.1, -0.05) is 88.9 Å². The number of benzene rings is 2. The zero-order valence-electron chi connectivity index (χ0n) is 20.6. The monoisotopic (exact) mass is 448 g/mol. The third-order valence-corrected chi connectivity index (χ3v) is 7.30. The normalized spacial score (nSPS) is 18.8. The second kappa shape index (κ2) is 12.2. The summed E-state index contributed by atoms with van der Waals surface area (Å²) in [5.74, 6) is 1.40. The standard InChI is InChI=1S/C30H40O3/c1-4-5-6-10-18-30(2,3)25-14-16-27(28-21-26(32)15-13-24(28)17-19-31)29(20-25)33-22-23-11-8-7-9-12-23/h7-9,11-12,14,16,19-20,24,28H,4-6,10,13,15,17-18,21-22H2,1-3H3/t24-,28+/m1/s1. The molecule has 1 aliphatic rings. The Kier molecular flexibility index (Phi) is 9.29. The van der Waals surface area contributed by atoms with Gasteiger partial charge in [0.1, 0.15) is 24.4 Å². The first kappa shape index (κ1) is 25.2. The fraction of sp³-hybridized carbons (Fsp3) is 0.533. The van der Waals surface area contributed by atoms with Gasteiger partial charge in [-0.2, -0.15) is 0 Å². The third kappa shape index (κ3) is 7.03. The van der Waals surface area contributed by atoms with E-state index in [0.717, 1.165) is 36.0 Å². The summed E-state index contributed by atoms with van der Waals surface area (Å²) in [5, 5.41) is 0. The number of Topliss-reactive ketones (excluding diaryl/α,β-unsaturated/α-hetero) is 1. The van der Waals surface area contributed by atoms with E-state index in [4.69, 9.17) is 4.74 Å². The Balaban J connectivity index is 1.90. The van der Waals surface area contributed by atoms with Crippen LogP contribution in [0.15, 0.2) is 48.5 Å². The van der Waals surface area contributed by atoms with E-state index in [1.54, 1.807) is 0 Å². The molecule has 0 radical (unpaired) electrons. The summed E-state index contributed by atoms with van der Waals surface area (Å²) < 4.78 is 6.42. The zero-order chi connectivity index (χ0) is 23.7. The average Bonchev–Trinajstić information content (AvgIpc) is 2.82. The van der Waals surface area contributed by atoms with E-state index >= 15 is 0 Å². The van der Waals surface area contributed by atoms with E-state index in [9.17, 15) is 9.59 Å². The molecule has 3 heteroatoms. The summed E-state index contributed by atoms with van der Waals surface area (Å²) in [4.78, 5) is 23.7. The van der Waals surface area contributed by atoms with Crippen molar-refractivity contribution in [3.05, 3.63) is 65.2 Å². The van der Waals surface area contributed by atoms with Gasteiger partial charge < -0.3 is 9.53 Å². The summed E-state index contributed by atoms with van der Waals surface area (Å²) in [6, 6.07) is 16.8. The molecule has 0 amide bonds. The van der Waals surface area contributed by atoms with Gasteiger partial charge in [0.2, 0.25) is 0 Å². The number of rotatable bonds is 12. The van der Waals surface area contributed by atoms with Gasteiger partial charge in [0, 0.05) is 19.3 Å². The molecule has 0 spiro atoms. The molecule has 3 rings (SSSR count). The summed E-state index contributed by atoms with van der Waals surface area (Å²) in [5.41, 5.74) is 3.54. The minimum Gasteiger partial charge on any atom is -0.489 e. The minimum absolute atomic E-state index is 0.0453. The van der Waals surface area contributed by atoms with Crippen LogP contribution in [0, 0.1) is 5.92 Å². The first-order valence-corrected chi connectivity index (χ1v) is 12.7. The van der Waals surface area contributed by atoms with Crippen LogP contribution < -0.4 is 4.74 Å². The van der Waals surface area contributed by atoms with Crippen molar-refractivity contribution in [2.75, 3.05) is 0 Å². The Morgan fingerprint density at radius 1 is 1.06 bits per heavy atom. The highest BCUT2D eigenvalue weighted by atomic mass is 16.5. The van der Waals surface area contributed by atoms with Gasteiger partial charge in [0.25, 0.3) is 0 Å². The Labute approximate surface area is 199 Å². The number of ketones is 1. The van der Waals surface area contributed by atoms with Crippen LogP contribution in [-0.4, -0.2) is 12.1 Å². The highest BCUT2D eigenvalue weighted by Gasteiger charge is 2.33. The maximum absolute atomic E-state index is 12.4. The maximum Gasteiger partial charge on any atom is 0.133 e. The molecule has 3 nitrogen and oxygen atoms in total. The lowest BCUT2D eigenvalue weighted by molar-refractivity contribution is -0.122. The summed E-state index contributed by atoms with van der Waals surface area (Å²) >= 11 is 0. The van der Waals surface area contributed by atoms with Crippen LogP contribution in [0.4, 0.5) is 0 Å². The van der Waals surface area contributed by atoms with E-state index in [2.05, 4.69) is 51.1 Å². The highest BCUT2D eigenvalue weighted by Crippen LogP contribution is 2.43. The van der Waals surface area contributed by atoms with Gasteiger partial charge in [-0.3, -0.25) is 4.79 Å². The van der Waals surface area contributed by atoms with Crippen molar-refractivity contribution in [1.29, 1.82) is 0 Å². The second-order valence-corrected chi connectivity index (χ2v) is 10.3. The van der Waals surface area contributed by atoms with E-state index in [-0.39, 0.29) is 23.0 Å². The topological polar surface area (TPSA) is 43.4 Å². The predicted molar refractivity (Wildman–Crippen MR) is 135 cm³/mol. The highest BCUT2D eigenvalue weighted by molar-refractivity contribution is 5.80. The molecule has 0 aliphatic heterocycles. The maximum atomic E-state index is 12.4. The Hall–Kier alpha value is -2.42. The molecule has 2 atom stereocenters. The Morgan fingerprint density at radius 3 is 2.58 bits per heavy atom. The van der Waals surface area contributed by atoms with Gasteiger partial charge in [-0.25, -0.2) is 0 Å². The van der Waals surface area contributed by atoms with Crippen LogP contribution in [0.3, 0.4) is 0 Å². The zero-order valence-corrected chi connectivity index (χ0v) is 20.6. The van der Waals surface area contributed by atoms with Crippen molar-refractivity contribution in [2.45, 2.75) is 96.5 Å². The molecule has 1 aliphatic carbocycles. The number of hydrogen-bond acceptors (Lipinski definition) is 3. The van der Waals surface area contributed by atoms with Crippen molar-refractivity contribution < 1.29 is 14.3 Å². The fourth-order valence-corrected chi connectivity index (χ4v) is 5.09. The van der Waals surface area contributed by atoms with Crippen LogP contribution in [-0.2, 0) is 21.6 Å². The molecule has 2 aromatic rings. The van der Waals surface area contributed by atoms with Crippen molar-refractivity contribution >= 4 is 12.1 Å². The molecule has 33 heavy (non-hydrogen) atoms. The van der Waals surface area contributed by atoms with Gasteiger partial charge in [-0.05, 0) is 52.8 Å². The minimum atomic E-state index is 0.0453. The molecule has 0 N–H and O–H groups in total. The van der Waals surface area contributed by atoms with Gasteiger partial charge >= 0.3 is 0 Å². The first-order chi connectivity index (χ1) is 15.9. The Morgan fingerprint density at radius 2 is 1.85 bits per heavy atom. The molecule has 178 valence electrons. The molecule has 0 bridgehead atoms. The van der Waals surface area contributed by atoms with Crippen LogP contribution >= 0.6 is 0 Å². The van der Waals surface area contributed by atoms with Crippen molar-refractivity contribution in [3.63, 3.8) is 0 Å². The lowest BCUT2D eigenvalue weighted by atomic mass is 9.72. The number of hydrogen-bond donors (Lipinski definition) is 0. The molecule has 1 saturated carbocycles. The van der Waals surface area contributed by atoms with Crippen molar-refractivity contribution in [3.8, 4) is 5.75 Å². The first-order valence-electron chi connectivity index (χ1n) is 12.7. The van der Waals surface area contributed by atoms with Crippen LogP contribution in [0.1, 0.15) is 101 Å². The predicted octanol–water partition coefficient (Wildman–Crippen LogP) is 7.56. The van der Waals surface area contributed by atoms with E-state index in [1.807, 2.05) is 18.2 Å². The summed E-state index contributed by atoms with van der Waals surface area (Å²) in [6.45, 7) is 7.36. The third-order valence-electron chi connectivity index (χ3n) is 7.30. The molecule has 0 saturated heterocycles. The van der Waals surface area contributed by atoms with Gasteiger partial charge in [-0.15, -0.1) is 0 Å². The molecule has 2 aromatic carbocycles. The van der Waals surface area contributed by atoms with Crippen LogP contribution in [0.2, 0.25) is 0 Å². The van der Waals surface area contributed by atoms with E-state index in [1.165, 1.54) is 31.2 Å². The largest absolute Gasteiger partial charge is 0.489 e. The lowest BCUT2D eigenvalue weighted by Gasteiger charge is -2.32. The molecule has 0 aromatic heterocycles. The van der Waals surface area contributed by atoms with E-state index in [0.29, 0.717) is 25.9 Å². The molecule has 0 unspecified atom stereocenters. The SMILES string of the molecule is CCCCCCC(C)(C)c1ccc([C@H]2CC(=O)CC[C@@H]2CC=O)c(OCc2ccccc2)c1. The molecule has 1 fully saturated rings. The second-order valence-electron chi connectivity index (χ2n) is 10.3. The molecular weight excluding hydrogens is 408 g/mol. The number of ether oxygens (including phenoxy) is 1. The molecule has 0 heterocycles. The number of aldehydes is 1. The quantitative estimate of drug-likeness (QED) is 0.249. The van der Waals surface area contributed by atoms with Gasteiger partial charge in [0.05, 0.1) is 0 Å². The number of carbonyl (C=O) groups is 2. The van der Waals surface area contributed by atoms with Gasteiger partial charge in [0.15, 0.2) is 0 Å². The van der Waals surface area contributed by atoms with E-state index < -0.39 is 0 Å². The average molecular weight is 449 g/mol. The smallest absolute Gasteiger partial charge is 0.133 e. The van der Waals surface area contributed by atoms with Crippen LogP contribution in [0.25, 0.3) is 0 Å². The van der Waals surface area contributed by atoms with Crippen molar-refractivity contribution in [1.82, 2.24) is 0 Å². The summed E-state index contributed by atoms with van der Waals surface area (Å²) in [6.07, 6.45) is 9.53. The number of carbonyl (C=O) groups excluding carboxylic acids is 2. The van der Waals surface area contributed by atoms with Crippen molar-refractivity contribution in [2.24, 2.45) is 5.92 Å². The Bertz CT molecular complexity index is 900. The number of unbranched alkanes of at least 4 members (excludes halogenated alkanes) is 3. The fourth-order valence-electron chi connectivity index (χ4n) is 5.09. The summed E-state index contributed by atoms with van der Waals surface area (Å²) in [7, 11) is 0.